The molecule has 1 unspecified atom stereocenters. The zero-order chi connectivity index (χ0) is 16.8. The van der Waals surface area contributed by atoms with Crippen molar-refractivity contribution in [2.45, 2.75) is 39.3 Å². The summed E-state index contributed by atoms with van der Waals surface area (Å²) >= 11 is 0. The molecular formula is C17H21N3O3. The number of carbonyl (C=O) groups excluding carboxylic acids is 1. The number of aromatic carboxylic acids is 1. The van der Waals surface area contributed by atoms with E-state index in [-0.39, 0.29) is 24.1 Å². The van der Waals surface area contributed by atoms with Gasteiger partial charge in [0.2, 0.25) is 5.91 Å². The van der Waals surface area contributed by atoms with E-state index in [1.54, 1.807) is 6.20 Å². The fourth-order valence-electron chi connectivity index (χ4n) is 2.30. The van der Waals surface area contributed by atoms with E-state index in [2.05, 4.69) is 10.4 Å². The molecule has 1 aromatic heterocycles. The molecule has 1 heterocycles. The van der Waals surface area contributed by atoms with E-state index in [1.807, 2.05) is 38.1 Å². The summed E-state index contributed by atoms with van der Waals surface area (Å²) in [6, 6.07) is 9.51. The van der Waals surface area contributed by atoms with E-state index >= 15 is 0 Å². The van der Waals surface area contributed by atoms with Crippen molar-refractivity contribution in [1.29, 1.82) is 0 Å². The number of rotatable bonds is 7. The van der Waals surface area contributed by atoms with Gasteiger partial charge in [0.15, 0.2) is 5.69 Å². The van der Waals surface area contributed by atoms with Gasteiger partial charge in [-0.15, -0.1) is 0 Å². The van der Waals surface area contributed by atoms with Crippen LogP contribution < -0.4 is 5.32 Å². The largest absolute Gasteiger partial charge is 0.476 e. The van der Waals surface area contributed by atoms with Crippen LogP contribution in [0.25, 0.3) is 0 Å². The van der Waals surface area contributed by atoms with E-state index in [0.717, 1.165) is 12.0 Å². The average molecular weight is 315 g/mol. The van der Waals surface area contributed by atoms with Gasteiger partial charge in [0.25, 0.3) is 0 Å². The molecule has 2 N–H and O–H groups in total. The van der Waals surface area contributed by atoms with Crippen LogP contribution >= 0.6 is 0 Å². The SMILES string of the molecule is CCC(NC(=O)CCn1ccc(C(=O)O)n1)c1ccc(C)cc1. The molecule has 0 aliphatic heterocycles. The average Bonchev–Trinajstić information content (AvgIpc) is 3.01. The lowest BCUT2D eigenvalue weighted by molar-refractivity contribution is -0.122. The third-order valence-corrected chi connectivity index (χ3v) is 3.65. The van der Waals surface area contributed by atoms with Crippen LogP contribution in [0.5, 0.6) is 0 Å². The van der Waals surface area contributed by atoms with Crippen molar-refractivity contribution >= 4 is 11.9 Å². The Balaban J connectivity index is 1.89. The molecule has 0 saturated heterocycles. The highest BCUT2D eigenvalue weighted by Gasteiger charge is 2.13. The van der Waals surface area contributed by atoms with Crippen LogP contribution in [0.3, 0.4) is 0 Å². The highest BCUT2D eigenvalue weighted by atomic mass is 16.4. The van der Waals surface area contributed by atoms with Gasteiger partial charge in [-0.3, -0.25) is 9.48 Å². The van der Waals surface area contributed by atoms with Crippen molar-refractivity contribution < 1.29 is 14.7 Å². The second-order valence-corrected chi connectivity index (χ2v) is 5.46. The fourth-order valence-corrected chi connectivity index (χ4v) is 2.30. The monoisotopic (exact) mass is 315 g/mol. The van der Waals surface area contributed by atoms with Crippen LogP contribution in [0.1, 0.15) is 47.4 Å². The molecule has 6 nitrogen and oxygen atoms in total. The molecule has 0 fully saturated rings. The second kappa shape index (κ2) is 7.58. The number of amides is 1. The Morgan fingerprint density at radius 2 is 1.96 bits per heavy atom. The minimum atomic E-state index is -1.07. The maximum Gasteiger partial charge on any atom is 0.356 e. The van der Waals surface area contributed by atoms with Gasteiger partial charge >= 0.3 is 5.97 Å². The van der Waals surface area contributed by atoms with Gasteiger partial charge < -0.3 is 10.4 Å². The highest BCUT2D eigenvalue weighted by Crippen LogP contribution is 2.17. The van der Waals surface area contributed by atoms with E-state index in [1.165, 1.54) is 16.3 Å². The number of nitrogens with one attached hydrogen (secondary N) is 1. The van der Waals surface area contributed by atoms with Crippen molar-refractivity contribution in [3.63, 3.8) is 0 Å². The van der Waals surface area contributed by atoms with Crippen molar-refractivity contribution in [3.8, 4) is 0 Å². The minimum absolute atomic E-state index is 0.0171. The summed E-state index contributed by atoms with van der Waals surface area (Å²) in [6.45, 7) is 4.40. The van der Waals surface area contributed by atoms with Crippen LogP contribution in [0.4, 0.5) is 0 Å². The third kappa shape index (κ3) is 4.67. The van der Waals surface area contributed by atoms with Gasteiger partial charge in [-0.2, -0.15) is 5.10 Å². The molecule has 0 spiro atoms. The third-order valence-electron chi connectivity index (χ3n) is 3.65. The molecule has 1 atom stereocenters. The molecule has 0 bridgehead atoms. The maximum absolute atomic E-state index is 12.1. The topological polar surface area (TPSA) is 84.2 Å². The Kier molecular flexibility index (Phi) is 5.51. The first-order valence-corrected chi connectivity index (χ1v) is 7.62. The predicted molar refractivity (Wildman–Crippen MR) is 86.2 cm³/mol. The molecule has 23 heavy (non-hydrogen) atoms. The minimum Gasteiger partial charge on any atom is -0.476 e. The summed E-state index contributed by atoms with van der Waals surface area (Å²) in [7, 11) is 0. The summed E-state index contributed by atoms with van der Waals surface area (Å²) in [5.74, 6) is -1.15. The van der Waals surface area contributed by atoms with Crippen LogP contribution in [0.2, 0.25) is 0 Å². The molecule has 0 aliphatic rings. The molecule has 0 radical (unpaired) electrons. The number of hydrogen-bond donors (Lipinski definition) is 2. The molecule has 1 aromatic carbocycles. The first-order chi connectivity index (χ1) is 11.0. The summed E-state index contributed by atoms with van der Waals surface area (Å²) < 4.78 is 1.47. The van der Waals surface area contributed by atoms with E-state index in [9.17, 15) is 9.59 Å². The lowest BCUT2D eigenvalue weighted by atomic mass is 10.0. The van der Waals surface area contributed by atoms with E-state index < -0.39 is 5.97 Å². The van der Waals surface area contributed by atoms with Gasteiger partial charge in [-0.1, -0.05) is 36.8 Å². The lowest BCUT2D eigenvalue weighted by Crippen LogP contribution is -2.29. The van der Waals surface area contributed by atoms with Gasteiger partial charge in [-0.25, -0.2) is 4.79 Å². The highest BCUT2D eigenvalue weighted by molar-refractivity contribution is 5.85. The number of aryl methyl sites for hydroxylation is 2. The molecule has 0 saturated carbocycles. The summed E-state index contributed by atoms with van der Waals surface area (Å²) in [6.07, 6.45) is 2.62. The molecule has 0 aliphatic carbocycles. The quantitative estimate of drug-likeness (QED) is 0.822. The number of nitrogens with zero attached hydrogens (tertiary/aromatic N) is 2. The summed E-state index contributed by atoms with van der Waals surface area (Å²) in [4.78, 5) is 22.9. The maximum atomic E-state index is 12.1. The zero-order valence-electron chi connectivity index (χ0n) is 13.3. The van der Waals surface area contributed by atoms with Crippen LogP contribution in [-0.4, -0.2) is 26.8 Å². The van der Waals surface area contributed by atoms with E-state index in [4.69, 9.17) is 5.11 Å². The number of carboxylic acids is 1. The standard InChI is InChI=1S/C17H21N3O3/c1-3-14(13-6-4-12(2)5-7-13)18-16(21)9-11-20-10-8-15(19-20)17(22)23/h4-8,10,14H,3,9,11H2,1-2H3,(H,18,21)(H,22,23). The van der Waals surface area contributed by atoms with Crippen molar-refractivity contribution in [1.82, 2.24) is 15.1 Å². The Morgan fingerprint density at radius 1 is 1.26 bits per heavy atom. The van der Waals surface area contributed by atoms with Crippen LogP contribution in [-0.2, 0) is 11.3 Å². The first-order valence-electron chi connectivity index (χ1n) is 7.62. The Hall–Kier alpha value is -2.63. The Bertz CT molecular complexity index is 677. The molecule has 1 amide bonds. The fraction of sp³-hybridized carbons (Fsp3) is 0.353. The van der Waals surface area contributed by atoms with Crippen molar-refractivity contribution in [3.05, 3.63) is 53.3 Å². The van der Waals surface area contributed by atoms with Crippen LogP contribution in [0, 0.1) is 6.92 Å². The molecule has 6 heteroatoms. The number of aromatic nitrogens is 2. The predicted octanol–water partition coefficient (Wildman–Crippen LogP) is 2.55. The summed E-state index contributed by atoms with van der Waals surface area (Å²) in [5, 5.41) is 15.7. The molecule has 2 aromatic rings. The van der Waals surface area contributed by atoms with Gasteiger partial charge in [0, 0.05) is 19.2 Å². The van der Waals surface area contributed by atoms with E-state index in [0.29, 0.717) is 6.54 Å². The van der Waals surface area contributed by atoms with Crippen LogP contribution in [0.15, 0.2) is 36.5 Å². The number of benzene rings is 1. The molecule has 2 rings (SSSR count). The van der Waals surface area contributed by atoms with Gasteiger partial charge in [0.1, 0.15) is 0 Å². The Labute approximate surface area is 135 Å². The number of hydrogen-bond acceptors (Lipinski definition) is 3. The Morgan fingerprint density at radius 3 is 2.52 bits per heavy atom. The normalized spacial score (nSPS) is 11.9. The van der Waals surface area contributed by atoms with Crippen molar-refractivity contribution in [2.24, 2.45) is 0 Å². The number of carbonyl (C=O) groups is 2. The second-order valence-electron chi connectivity index (χ2n) is 5.46. The number of carboxylic acid groups (broad SMARTS) is 1. The first kappa shape index (κ1) is 16.7. The zero-order valence-corrected chi connectivity index (χ0v) is 13.3. The summed E-state index contributed by atoms with van der Waals surface area (Å²) in [5.41, 5.74) is 2.25. The van der Waals surface area contributed by atoms with Gasteiger partial charge in [0.05, 0.1) is 6.04 Å². The molecular weight excluding hydrogens is 294 g/mol. The van der Waals surface area contributed by atoms with Crippen molar-refractivity contribution in [2.75, 3.05) is 0 Å². The lowest BCUT2D eigenvalue weighted by Gasteiger charge is -2.17. The smallest absolute Gasteiger partial charge is 0.356 e. The van der Waals surface area contributed by atoms with Gasteiger partial charge in [-0.05, 0) is 25.0 Å². The molecule has 122 valence electrons.